The van der Waals surface area contributed by atoms with Crippen LogP contribution in [0.4, 0.5) is 0 Å². The Morgan fingerprint density at radius 1 is 1.89 bits per heavy atom. The van der Waals surface area contributed by atoms with Crippen molar-refractivity contribution in [2.24, 2.45) is 0 Å². The number of nitriles is 1. The van der Waals surface area contributed by atoms with Crippen molar-refractivity contribution in [2.75, 3.05) is 0 Å². The number of rotatable bonds is 1. The highest BCUT2D eigenvalue weighted by atomic mass is 79.9. The van der Waals surface area contributed by atoms with Gasteiger partial charge in [0.25, 0.3) is 0 Å². The van der Waals surface area contributed by atoms with E-state index >= 15 is 0 Å². The van der Waals surface area contributed by atoms with E-state index < -0.39 is 0 Å². The molecule has 0 bridgehead atoms. The van der Waals surface area contributed by atoms with E-state index in [0.29, 0.717) is 6.42 Å². The van der Waals surface area contributed by atoms with Gasteiger partial charge in [0.2, 0.25) is 0 Å². The molecular formula is C5H4BrN3. The summed E-state index contributed by atoms with van der Waals surface area (Å²) < 4.78 is 0.865. The third kappa shape index (κ3) is 1.30. The maximum atomic E-state index is 8.24. The quantitative estimate of drug-likeness (QED) is 0.717. The first kappa shape index (κ1) is 6.30. The number of halogens is 1. The lowest BCUT2D eigenvalue weighted by atomic mass is 10.3. The first-order valence-corrected chi connectivity index (χ1v) is 3.18. The second-order valence-electron chi connectivity index (χ2n) is 1.53. The Morgan fingerprint density at radius 3 is 3.11 bits per heavy atom. The van der Waals surface area contributed by atoms with Crippen molar-refractivity contribution in [3.05, 3.63) is 16.4 Å². The van der Waals surface area contributed by atoms with Gasteiger partial charge in [0.15, 0.2) is 0 Å². The normalized spacial score (nSPS) is 8.89. The van der Waals surface area contributed by atoms with Crippen molar-refractivity contribution in [1.29, 1.82) is 5.26 Å². The summed E-state index contributed by atoms with van der Waals surface area (Å²) in [7, 11) is 0. The van der Waals surface area contributed by atoms with Gasteiger partial charge < -0.3 is 0 Å². The standard InChI is InChI=1S/C5H4BrN3/c6-4-3-8-9-5(4)1-2-7/h3H,1H2,(H,8,9). The van der Waals surface area contributed by atoms with Crippen LogP contribution >= 0.6 is 15.9 Å². The molecule has 0 saturated heterocycles. The Hall–Kier alpha value is -0.820. The molecule has 46 valence electrons. The highest BCUT2D eigenvalue weighted by Crippen LogP contribution is 2.11. The van der Waals surface area contributed by atoms with Gasteiger partial charge in [-0.05, 0) is 15.9 Å². The molecule has 4 heteroatoms. The van der Waals surface area contributed by atoms with Crippen molar-refractivity contribution in [2.45, 2.75) is 6.42 Å². The molecule has 0 unspecified atom stereocenters. The molecular weight excluding hydrogens is 182 g/mol. The second kappa shape index (κ2) is 2.65. The third-order valence-corrected chi connectivity index (χ3v) is 1.60. The van der Waals surface area contributed by atoms with Crippen LogP contribution in [0.3, 0.4) is 0 Å². The van der Waals surface area contributed by atoms with E-state index in [4.69, 9.17) is 5.26 Å². The Morgan fingerprint density at radius 2 is 2.67 bits per heavy atom. The van der Waals surface area contributed by atoms with Crippen LogP contribution in [0, 0.1) is 11.3 Å². The van der Waals surface area contributed by atoms with Gasteiger partial charge in [-0.2, -0.15) is 10.4 Å². The fraction of sp³-hybridized carbons (Fsp3) is 0.200. The molecule has 0 aliphatic carbocycles. The minimum atomic E-state index is 0.376. The monoisotopic (exact) mass is 185 g/mol. The lowest BCUT2D eigenvalue weighted by molar-refractivity contribution is 1.01. The van der Waals surface area contributed by atoms with Gasteiger partial charge in [0, 0.05) is 0 Å². The molecule has 1 N–H and O–H groups in total. The zero-order chi connectivity index (χ0) is 6.69. The van der Waals surface area contributed by atoms with Gasteiger partial charge in [0.05, 0.1) is 28.9 Å². The van der Waals surface area contributed by atoms with E-state index in [9.17, 15) is 0 Å². The molecule has 0 radical (unpaired) electrons. The van der Waals surface area contributed by atoms with E-state index in [-0.39, 0.29) is 0 Å². The molecule has 0 amide bonds. The van der Waals surface area contributed by atoms with Gasteiger partial charge in [-0.15, -0.1) is 0 Å². The van der Waals surface area contributed by atoms with Crippen molar-refractivity contribution in [3.63, 3.8) is 0 Å². The number of aromatic nitrogens is 2. The van der Waals surface area contributed by atoms with Crippen molar-refractivity contribution in [3.8, 4) is 6.07 Å². The summed E-state index contributed by atoms with van der Waals surface area (Å²) in [6, 6.07) is 2.01. The number of hydrogen-bond donors (Lipinski definition) is 1. The van der Waals surface area contributed by atoms with Crippen LogP contribution in [0.1, 0.15) is 5.69 Å². The topological polar surface area (TPSA) is 52.5 Å². The van der Waals surface area contributed by atoms with Gasteiger partial charge in [-0.25, -0.2) is 0 Å². The van der Waals surface area contributed by atoms with Crippen LogP contribution < -0.4 is 0 Å². The lowest BCUT2D eigenvalue weighted by Crippen LogP contribution is -1.80. The Balaban J connectivity index is 2.84. The zero-order valence-corrected chi connectivity index (χ0v) is 6.14. The molecule has 1 aromatic rings. The van der Waals surface area contributed by atoms with E-state index in [1.54, 1.807) is 6.20 Å². The van der Waals surface area contributed by atoms with Crippen LogP contribution in [0.2, 0.25) is 0 Å². The zero-order valence-electron chi connectivity index (χ0n) is 4.56. The molecule has 9 heavy (non-hydrogen) atoms. The fourth-order valence-electron chi connectivity index (χ4n) is 0.501. The number of hydrogen-bond acceptors (Lipinski definition) is 2. The maximum Gasteiger partial charge on any atom is 0.0780 e. The smallest absolute Gasteiger partial charge is 0.0780 e. The molecule has 0 saturated carbocycles. The van der Waals surface area contributed by atoms with Gasteiger partial charge in [-0.3, -0.25) is 5.10 Å². The third-order valence-electron chi connectivity index (χ3n) is 0.922. The summed E-state index contributed by atoms with van der Waals surface area (Å²) in [5.41, 5.74) is 0.831. The van der Waals surface area contributed by atoms with Crippen molar-refractivity contribution in [1.82, 2.24) is 10.2 Å². The molecule has 0 atom stereocenters. The summed E-state index contributed by atoms with van der Waals surface area (Å²) in [4.78, 5) is 0. The molecule has 1 rings (SSSR count). The first-order valence-electron chi connectivity index (χ1n) is 2.39. The SMILES string of the molecule is N#CCc1[nH]ncc1Br. The molecule has 0 aliphatic rings. The Bertz CT molecular complexity index is 235. The van der Waals surface area contributed by atoms with E-state index in [0.717, 1.165) is 10.2 Å². The van der Waals surface area contributed by atoms with Gasteiger partial charge in [-0.1, -0.05) is 0 Å². The molecule has 3 nitrogen and oxygen atoms in total. The average Bonchev–Trinajstić information content (AvgIpc) is 2.18. The lowest BCUT2D eigenvalue weighted by Gasteiger charge is -1.83. The summed E-state index contributed by atoms with van der Waals surface area (Å²) in [5, 5.41) is 14.6. The van der Waals surface area contributed by atoms with Crippen LogP contribution in [0.5, 0.6) is 0 Å². The van der Waals surface area contributed by atoms with Gasteiger partial charge >= 0.3 is 0 Å². The number of aromatic amines is 1. The highest BCUT2D eigenvalue weighted by molar-refractivity contribution is 9.10. The highest BCUT2D eigenvalue weighted by Gasteiger charge is 1.97. The molecule has 0 aromatic carbocycles. The number of H-pyrrole nitrogens is 1. The predicted molar refractivity (Wildman–Crippen MR) is 35.6 cm³/mol. The minimum Gasteiger partial charge on any atom is -0.280 e. The maximum absolute atomic E-state index is 8.24. The summed E-state index contributed by atoms with van der Waals surface area (Å²) in [6.45, 7) is 0. The summed E-state index contributed by atoms with van der Waals surface area (Å²) in [6.07, 6.45) is 2.01. The Kier molecular flexibility index (Phi) is 1.85. The largest absolute Gasteiger partial charge is 0.280 e. The molecule has 1 aromatic heterocycles. The van der Waals surface area contributed by atoms with E-state index in [1.165, 1.54) is 0 Å². The summed E-state index contributed by atoms with van der Waals surface area (Å²) in [5.74, 6) is 0. The van der Waals surface area contributed by atoms with Crippen LogP contribution in [0.25, 0.3) is 0 Å². The van der Waals surface area contributed by atoms with Crippen LogP contribution in [0.15, 0.2) is 10.7 Å². The second-order valence-corrected chi connectivity index (χ2v) is 2.39. The molecule has 0 aliphatic heterocycles. The van der Waals surface area contributed by atoms with Crippen molar-refractivity contribution < 1.29 is 0 Å². The molecule has 0 fully saturated rings. The molecule has 0 spiro atoms. The predicted octanol–water partition coefficient (Wildman–Crippen LogP) is 1.24. The van der Waals surface area contributed by atoms with Crippen LogP contribution in [-0.2, 0) is 6.42 Å². The number of nitrogens with one attached hydrogen (secondary N) is 1. The van der Waals surface area contributed by atoms with Crippen molar-refractivity contribution >= 4 is 15.9 Å². The number of nitrogens with zero attached hydrogens (tertiary/aromatic N) is 2. The fourth-order valence-corrected chi connectivity index (χ4v) is 0.832. The van der Waals surface area contributed by atoms with E-state index in [2.05, 4.69) is 26.1 Å². The van der Waals surface area contributed by atoms with Crippen LogP contribution in [-0.4, -0.2) is 10.2 Å². The Labute approximate surface area is 60.8 Å². The van der Waals surface area contributed by atoms with E-state index in [1.807, 2.05) is 6.07 Å². The average molecular weight is 186 g/mol. The first-order chi connectivity index (χ1) is 4.34. The summed E-state index contributed by atoms with van der Waals surface area (Å²) >= 11 is 3.22. The van der Waals surface area contributed by atoms with Gasteiger partial charge in [0.1, 0.15) is 0 Å². The molecule has 1 heterocycles. The minimum absolute atomic E-state index is 0.376.